The van der Waals surface area contributed by atoms with Gasteiger partial charge in [0.1, 0.15) is 0 Å². The summed E-state index contributed by atoms with van der Waals surface area (Å²) in [5.41, 5.74) is 3.53. The van der Waals surface area contributed by atoms with Crippen molar-refractivity contribution >= 4 is 11.6 Å². The predicted molar refractivity (Wildman–Crippen MR) is 71.3 cm³/mol. The van der Waals surface area contributed by atoms with Gasteiger partial charge in [-0.15, -0.1) is 0 Å². The molecule has 0 aromatic heterocycles. The van der Waals surface area contributed by atoms with E-state index < -0.39 is 0 Å². The lowest BCUT2D eigenvalue weighted by Gasteiger charge is -2.21. The van der Waals surface area contributed by atoms with Gasteiger partial charge in [-0.1, -0.05) is 12.1 Å². The van der Waals surface area contributed by atoms with Gasteiger partial charge in [-0.25, -0.2) is 0 Å². The molecular weight excluding hydrogens is 214 g/mol. The Bertz CT molecular complexity index is 390. The van der Waals surface area contributed by atoms with E-state index in [1.54, 1.807) is 7.05 Å². The highest BCUT2D eigenvalue weighted by molar-refractivity contribution is 5.81. The Morgan fingerprint density at radius 2 is 2.06 bits per heavy atom. The molecule has 1 rings (SSSR count). The lowest BCUT2D eigenvalue weighted by molar-refractivity contribution is -0.119. The standard InChI is InChI=1S/C13H21N3O/c1-10-7-11(8-14-2)5-6-12(10)16(4)9-13(17)15-3/h5-7,14H,8-9H2,1-4H3,(H,15,17). The second-order valence-corrected chi connectivity index (χ2v) is 4.18. The largest absolute Gasteiger partial charge is 0.365 e. The van der Waals surface area contributed by atoms with Gasteiger partial charge in [-0.3, -0.25) is 4.79 Å². The van der Waals surface area contributed by atoms with Crippen molar-refractivity contribution in [2.45, 2.75) is 13.5 Å². The zero-order valence-corrected chi connectivity index (χ0v) is 11.0. The number of nitrogens with one attached hydrogen (secondary N) is 2. The number of rotatable bonds is 5. The highest BCUT2D eigenvalue weighted by atomic mass is 16.1. The van der Waals surface area contributed by atoms with Gasteiger partial charge >= 0.3 is 0 Å². The molecule has 17 heavy (non-hydrogen) atoms. The first-order valence-corrected chi connectivity index (χ1v) is 5.74. The van der Waals surface area contributed by atoms with Crippen molar-refractivity contribution in [3.05, 3.63) is 29.3 Å². The quantitative estimate of drug-likeness (QED) is 0.797. The van der Waals surface area contributed by atoms with Gasteiger partial charge in [0.2, 0.25) is 5.91 Å². The van der Waals surface area contributed by atoms with Gasteiger partial charge < -0.3 is 15.5 Å². The Labute approximate surface area is 103 Å². The van der Waals surface area contributed by atoms with E-state index in [9.17, 15) is 4.79 Å². The molecule has 0 atom stereocenters. The van der Waals surface area contributed by atoms with Crippen LogP contribution in [0.2, 0.25) is 0 Å². The maximum Gasteiger partial charge on any atom is 0.239 e. The van der Waals surface area contributed by atoms with E-state index >= 15 is 0 Å². The van der Waals surface area contributed by atoms with E-state index in [-0.39, 0.29) is 5.91 Å². The first-order valence-electron chi connectivity index (χ1n) is 5.74. The number of hydrogen-bond donors (Lipinski definition) is 2. The fourth-order valence-electron chi connectivity index (χ4n) is 1.84. The van der Waals surface area contributed by atoms with E-state index in [2.05, 4.69) is 35.8 Å². The maximum atomic E-state index is 11.3. The number of carbonyl (C=O) groups excluding carboxylic acids is 1. The number of aryl methyl sites for hydroxylation is 1. The van der Waals surface area contributed by atoms with Crippen molar-refractivity contribution in [1.82, 2.24) is 10.6 Å². The van der Waals surface area contributed by atoms with Crippen molar-refractivity contribution in [2.75, 3.05) is 32.6 Å². The fraction of sp³-hybridized carbons (Fsp3) is 0.462. The highest BCUT2D eigenvalue weighted by Crippen LogP contribution is 2.19. The van der Waals surface area contributed by atoms with Gasteiger partial charge in [0, 0.05) is 26.3 Å². The molecule has 2 N–H and O–H groups in total. The molecule has 0 heterocycles. The average Bonchev–Trinajstić information content (AvgIpc) is 2.29. The SMILES string of the molecule is CNCc1ccc(N(C)CC(=O)NC)c(C)c1. The van der Waals surface area contributed by atoms with Gasteiger partial charge in [0.15, 0.2) is 0 Å². The summed E-state index contributed by atoms with van der Waals surface area (Å²) in [7, 11) is 5.51. The molecule has 1 aromatic carbocycles. The molecule has 0 saturated heterocycles. The smallest absolute Gasteiger partial charge is 0.239 e. The zero-order valence-electron chi connectivity index (χ0n) is 11.0. The Morgan fingerprint density at radius 3 is 2.59 bits per heavy atom. The number of carbonyl (C=O) groups is 1. The summed E-state index contributed by atoms with van der Waals surface area (Å²) in [4.78, 5) is 13.3. The number of anilines is 1. The van der Waals surface area contributed by atoms with Crippen molar-refractivity contribution in [1.29, 1.82) is 0 Å². The molecule has 94 valence electrons. The summed E-state index contributed by atoms with van der Waals surface area (Å²) in [5.74, 6) is 0.0196. The molecular formula is C13H21N3O. The summed E-state index contributed by atoms with van der Waals surface area (Å²) in [5, 5.41) is 5.75. The summed E-state index contributed by atoms with van der Waals surface area (Å²) in [6.45, 7) is 3.30. The lowest BCUT2D eigenvalue weighted by atomic mass is 10.1. The van der Waals surface area contributed by atoms with E-state index in [1.165, 1.54) is 11.1 Å². The van der Waals surface area contributed by atoms with E-state index in [1.807, 2.05) is 19.0 Å². The molecule has 0 saturated carbocycles. The Kier molecular flexibility index (Phi) is 4.97. The molecule has 0 spiro atoms. The minimum atomic E-state index is 0.0196. The molecule has 4 heteroatoms. The van der Waals surface area contributed by atoms with Crippen LogP contribution in [0.4, 0.5) is 5.69 Å². The van der Waals surface area contributed by atoms with E-state index in [0.717, 1.165) is 12.2 Å². The third kappa shape index (κ3) is 3.75. The van der Waals surface area contributed by atoms with Crippen molar-refractivity contribution in [2.24, 2.45) is 0 Å². The molecule has 0 unspecified atom stereocenters. The van der Waals surface area contributed by atoms with Crippen molar-refractivity contribution in [3.8, 4) is 0 Å². The van der Waals surface area contributed by atoms with Crippen molar-refractivity contribution in [3.63, 3.8) is 0 Å². The van der Waals surface area contributed by atoms with Crippen LogP contribution in [-0.2, 0) is 11.3 Å². The molecule has 0 aliphatic rings. The van der Waals surface area contributed by atoms with Crippen LogP contribution in [0.25, 0.3) is 0 Å². The minimum absolute atomic E-state index is 0.0196. The van der Waals surface area contributed by atoms with Crippen LogP contribution in [-0.4, -0.2) is 33.6 Å². The Balaban J connectivity index is 2.80. The zero-order chi connectivity index (χ0) is 12.8. The summed E-state index contributed by atoms with van der Waals surface area (Å²) >= 11 is 0. The number of likely N-dealkylation sites (N-methyl/N-ethyl adjacent to an activating group) is 2. The second-order valence-electron chi connectivity index (χ2n) is 4.18. The van der Waals surface area contributed by atoms with Crippen LogP contribution in [0, 0.1) is 6.92 Å². The molecule has 0 radical (unpaired) electrons. The topological polar surface area (TPSA) is 44.4 Å². The van der Waals surface area contributed by atoms with Crippen LogP contribution in [0.3, 0.4) is 0 Å². The summed E-state index contributed by atoms with van der Waals surface area (Å²) < 4.78 is 0. The maximum absolute atomic E-state index is 11.3. The summed E-state index contributed by atoms with van der Waals surface area (Å²) in [6, 6.07) is 6.29. The average molecular weight is 235 g/mol. The first-order chi connectivity index (χ1) is 8.08. The molecule has 0 aliphatic carbocycles. The predicted octanol–water partition coefficient (Wildman–Crippen LogP) is 0.897. The lowest BCUT2D eigenvalue weighted by Crippen LogP contribution is -2.33. The van der Waals surface area contributed by atoms with Gasteiger partial charge in [-0.05, 0) is 31.2 Å². The molecule has 1 aromatic rings. The number of benzene rings is 1. The monoisotopic (exact) mass is 235 g/mol. The highest BCUT2D eigenvalue weighted by Gasteiger charge is 2.08. The van der Waals surface area contributed by atoms with Crippen LogP contribution in [0.5, 0.6) is 0 Å². The molecule has 0 fully saturated rings. The van der Waals surface area contributed by atoms with Crippen LogP contribution in [0.1, 0.15) is 11.1 Å². The number of hydrogen-bond acceptors (Lipinski definition) is 3. The van der Waals surface area contributed by atoms with Crippen LogP contribution in [0.15, 0.2) is 18.2 Å². The number of amides is 1. The molecule has 0 bridgehead atoms. The number of nitrogens with zero attached hydrogens (tertiary/aromatic N) is 1. The van der Waals surface area contributed by atoms with Gasteiger partial charge in [0.05, 0.1) is 6.54 Å². The third-order valence-electron chi connectivity index (χ3n) is 2.71. The minimum Gasteiger partial charge on any atom is -0.365 e. The van der Waals surface area contributed by atoms with Gasteiger partial charge in [-0.2, -0.15) is 0 Å². The van der Waals surface area contributed by atoms with Gasteiger partial charge in [0.25, 0.3) is 0 Å². The van der Waals surface area contributed by atoms with Crippen molar-refractivity contribution < 1.29 is 4.79 Å². The van der Waals surface area contributed by atoms with Crippen LogP contribution >= 0.6 is 0 Å². The fourth-order valence-corrected chi connectivity index (χ4v) is 1.84. The Hall–Kier alpha value is -1.55. The molecule has 4 nitrogen and oxygen atoms in total. The Morgan fingerprint density at radius 1 is 1.35 bits per heavy atom. The van der Waals surface area contributed by atoms with E-state index in [4.69, 9.17) is 0 Å². The van der Waals surface area contributed by atoms with E-state index in [0.29, 0.717) is 6.54 Å². The molecule has 0 aliphatic heterocycles. The summed E-state index contributed by atoms with van der Waals surface area (Å²) in [6.07, 6.45) is 0. The third-order valence-corrected chi connectivity index (χ3v) is 2.71. The normalized spacial score (nSPS) is 10.1. The molecule has 1 amide bonds. The van der Waals surface area contributed by atoms with Crippen LogP contribution < -0.4 is 15.5 Å². The first kappa shape index (κ1) is 13.5. The second kappa shape index (κ2) is 6.25.